The summed E-state index contributed by atoms with van der Waals surface area (Å²) in [6.45, 7) is 79.1. The van der Waals surface area contributed by atoms with Gasteiger partial charge in [0.1, 0.15) is 0 Å². The second-order valence-electron chi connectivity index (χ2n) is 50.9. The van der Waals surface area contributed by atoms with Gasteiger partial charge < -0.3 is 19.6 Å². The van der Waals surface area contributed by atoms with Crippen molar-refractivity contribution in [3.63, 3.8) is 0 Å². The van der Waals surface area contributed by atoms with Crippen LogP contribution in [-0.4, -0.2) is 13.4 Å². The van der Waals surface area contributed by atoms with Crippen LogP contribution in [0.4, 0.5) is 68.2 Å². The minimum atomic E-state index is -0.231. The highest BCUT2D eigenvalue weighted by atomic mass is 15.2. The average Bonchev–Trinajstić information content (AvgIpc) is 0.688. The van der Waals surface area contributed by atoms with Crippen LogP contribution in [0.15, 0.2) is 188 Å². The first-order valence-electron chi connectivity index (χ1n) is 48.3. The van der Waals surface area contributed by atoms with Crippen molar-refractivity contribution in [1.29, 1.82) is 0 Å². The van der Waals surface area contributed by atoms with E-state index >= 15 is 0 Å². The predicted molar refractivity (Wildman–Crippen MR) is 548 cm³/mol. The van der Waals surface area contributed by atoms with E-state index in [1.54, 1.807) is 0 Å². The lowest BCUT2D eigenvalue weighted by Gasteiger charge is -2.53. The van der Waals surface area contributed by atoms with Crippen LogP contribution in [0.25, 0.3) is 11.1 Å². The van der Waals surface area contributed by atoms with Gasteiger partial charge in [0.05, 0.1) is 5.69 Å². The van der Waals surface area contributed by atoms with Crippen LogP contribution in [0, 0.1) is 19.8 Å². The number of fused-ring (bicyclic) bond motifs is 12. The zero-order chi connectivity index (χ0) is 90.3. The lowest BCUT2D eigenvalue weighted by atomic mass is 9.33. The number of rotatable bonds is 7. The molecule has 0 aromatic heterocycles. The Morgan fingerprint density at radius 1 is 0.278 bits per heavy atom. The number of hydrogen-bond donors (Lipinski definition) is 0. The van der Waals surface area contributed by atoms with Gasteiger partial charge in [-0.3, -0.25) is 0 Å². The van der Waals surface area contributed by atoms with Crippen molar-refractivity contribution in [1.82, 2.24) is 0 Å². The Hall–Kier alpha value is -9.25. The molecule has 11 aromatic carbocycles. The molecule has 2 unspecified atom stereocenters. The Balaban J connectivity index is 0.806. The van der Waals surface area contributed by atoms with Crippen molar-refractivity contribution in [3.05, 3.63) is 272 Å². The van der Waals surface area contributed by atoms with E-state index in [1.807, 2.05) is 0 Å². The van der Waals surface area contributed by atoms with Gasteiger partial charge in [-0.2, -0.15) is 0 Å². The van der Waals surface area contributed by atoms with Gasteiger partial charge in [0, 0.05) is 68.1 Å². The molecule has 0 saturated carbocycles. The summed E-state index contributed by atoms with van der Waals surface area (Å²) >= 11 is 0. The largest absolute Gasteiger partial charge is 0.311 e. The minimum absolute atomic E-state index is 0.00581. The molecule has 19 rings (SSSR count). The number of nitrogens with zero attached hydrogens (tertiary/aromatic N) is 4. The number of hydrogen-bond acceptors (Lipinski definition) is 4. The fraction of sp³-hybridized carbons (Fsp3) is 0.450. The van der Waals surface area contributed by atoms with Crippen molar-refractivity contribution in [2.24, 2.45) is 5.92 Å². The molecular formula is C120H144B2N4. The van der Waals surface area contributed by atoms with Crippen molar-refractivity contribution >= 4 is 114 Å². The van der Waals surface area contributed by atoms with Crippen LogP contribution < -0.4 is 52.4 Å². The van der Waals surface area contributed by atoms with Crippen LogP contribution in [0.1, 0.15) is 343 Å². The Kier molecular flexibility index (Phi) is 19.1. The maximum Gasteiger partial charge on any atom is 0.252 e. The van der Waals surface area contributed by atoms with Crippen LogP contribution in [-0.2, 0) is 70.4 Å². The molecule has 0 amide bonds. The summed E-state index contributed by atoms with van der Waals surface area (Å²) in [7, 11) is 0. The quantitative estimate of drug-likeness (QED) is 0.147. The molecule has 650 valence electrons. The van der Waals surface area contributed by atoms with Gasteiger partial charge in [-0.05, 0) is 360 Å². The molecule has 4 heterocycles. The fourth-order valence-electron chi connectivity index (χ4n) is 24.8. The standard InChI is InChI=1S/C120H144B2N4/c1-72-54-102-106-104(56-72)125(83-59-78(111(12,13)14)58-79(60-83)112(15,16)17)98-47-40-76(109(6,7)8)62-94(98)122(106)95-66-88-89(117(26,27)51-50-116(88,24)25)68-100(95)124(102)82-42-44-86-92(65-82)120(32,53-52-114(86,20)21)71-80-70-118(28,29)90-69-101-96(67-91(90)119(80,30)31)121-93-45-38-77(110(9,10)11)63-99(93)126(97-46-39-75(108(3,4)5)61-84(97)74-36-34-33-35-37-74)105-57-73(2)55-103(107(105)121)123(101)81-41-43-85-87(64-81)115(22,23)49-48-113(85,18)19/h33-47,54-69,80H,48-53,70-71H2,1-32H3. The average molecular weight is 1660 g/mol. The van der Waals surface area contributed by atoms with E-state index in [0.29, 0.717) is 5.92 Å². The van der Waals surface area contributed by atoms with Gasteiger partial charge in [-0.1, -0.05) is 299 Å². The zero-order valence-corrected chi connectivity index (χ0v) is 83.1. The first-order chi connectivity index (χ1) is 58.5. The van der Waals surface area contributed by atoms with Gasteiger partial charge >= 0.3 is 0 Å². The normalized spacial score (nSPS) is 20.5. The summed E-state index contributed by atoms with van der Waals surface area (Å²) < 4.78 is 0. The van der Waals surface area contributed by atoms with Crippen LogP contribution in [0.2, 0.25) is 0 Å². The molecule has 0 bridgehead atoms. The first-order valence-corrected chi connectivity index (χ1v) is 48.3. The highest BCUT2D eigenvalue weighted by Gasteiger charge is 2.55. The second-order valence-corrected chi connectivity index (χ2v) is 50.9. The van der Waals surface area contributed by atoms with E-state index in [9.17, 15) is 0 Å². The molecule has 11 aromatic rings. The third-order valence-electron chi connectivity index (χ3n) is 33.3. The Bertz CT molecular complexity index is 6340. The second kappa shape index (κ2) is 27.9. The van der Waals surface area contributed by atoms with E-state index in [-0.39, 0.29) is 83.8 Å². The molecule has 0 saturated heterocycles. The lowest BCUT2D eigenvalue weighted by molar-refractivity contribution is 0.152. The third kappa shape index (κ3) is 13.6. The van der Waals surface area contributed by atoms with Crippen LogP contribution >= 0.6 is 0 Å². The number of anilines is 12. The molecule has 0 radical (unpaired) electrons. The molecular weight excluding hydrogens is 1520 g/mol. The van der Waals surface area contributed by atoms with Crippen molar-refractivity contribution in [2.45, 2.75) is 343 Å². The summed E-state index contributed by atoms with van der Waals surface area (Å²) in [5.74, 6) is 0.338. The van der Waals surface area contributed by atoms with Crippen LogP contribution in [0.5, 0.6) is 0 Å². The Morgan fingerprint density at radius 2 is 0.659 bits per heavy atom. The minimum Gasteiger partial charge on any atom is -0.311 e. The molecule has 2 atom stereocenters. The molecule has 0 spiro atoms. The number of aryl methyl sites for hydroxylation is 2. The molecule has 4 aliphatic carbocycles. The molecule has 0 N–H and O–H groups in total. The van der Waals surface area contributed by atoms with E-state index in [4.69, 9.17) is 0 Å². The molecule has 8 aliphatic rings. The highest BCUT2D eigenvalue weighted by molar-refractivity contribution is 7.01. The summed E-state index contributed by atoms with van der Waals surface area (Å²) in [6.07, 6.45) is 9.01. The topological polar surface area (TPSA) is 13.0 Å². The monoisotopic (exact) mass is 1660 g/mol. The van der Waals surface area contributed by atoms with E-state index in [1.165, 1.54) is 202 Å². The summed E-state index contributed by atoms with van der Waals surface area (Å²) in [5.41, 5.74) is 46.7. The molecule has 0 fully saturated rings. The van der Waals surface area contributed by atoms with Crippen molar-refractivity contribution < 1.29 is 0 Å². The molecule has 4 nitrogen and oxygen atoms in total. The molecule has 4 aliphatic heterocycles. The Morgan fingerprint density at radius 3 is 1.17 bits per heavy atom. The van der Waals surface area contributed by atoms with E-state index in [0.717, 1.165) is 44.9 Å². The maximum absolute atomic E-state index is 2.83. The lowest BCUT2D eigenvalue weighted by Crippen LogP contribution is -2.62. The highest BCUT2D eigenvalue weighted by Crippen LogP contribution is 2.61. The predicted octanol–water partition coefficient (Wildman–Crippen LogP) is 29.3. The van der Waals surface area contributed by atoms with Gasteiger partial charge in [0.2, 0.25) is 0 Å². The maximum atomic E-state index is 2.83. The van der Waals surface area contributed by atoms with E-state index < -0.39 is 0 Å². The third-order valence-corrected chi connectivity index (χ3v) is 33.3. The van der Waals surface area contributed by atoms with E-state index in [2.05, 4.69) is 429 Å². The van der Waals surface area contributed by atoms with Gasteiger partial charge in [-0.25, -0.2) is 0 Å². The van der Waals surface area contributed by atoms with Gasteiger partial charge in [0.15, 0.2) is 0 Å². The summed E-state index contributed by atoms with van der Waals surface area (Å²) in [5, 5.41) is 0. The Labute approximate surface area is 760 Å². The van der Waals surface area contributed by atoms with Gasteiger partial charge in [0.25, 0.3) is 13.4 Å². The smallest absolute Gasteiger partial charge is 0.252 e. The summed E-state index contributed by atoms with van der Waals surface area (Å²) in [4.78, 5) is 11.0. The zero-order valence-electron chi connectivity index (χ0n) is 83.1. The number of benzene rings is 11. The summed E-state index contributed by atoms with van der Waals surface area (Å²) in [6, 6.07) is 78.5. The van der Waals surface area contributed by atoms with Gasteiger partial charge in [-0.15, -0.1) is 0 Å². The molecule has 6 heteroatoms. The van der Waals surface area contributed by atoms with Crippen molar-refractivity contribution in [3.8, 4) is 11.1 Å². The van der Waals surface area contributed by atoms with Crippen molar-refractivity contribution in [2.75, 3.05) is 19.6 Å². The van der Waals surface area contributed by atoms with Crippen LogP contribution in [0.3, 0.4) is 0 Å². The fourth-order valence-corrected chi connectivity index (χ4v) is 24.8. The first kappa shape index (κ1) is 86.1. The SMILES string of the molecule is Cc1cc2c3c(c1)N(c1ccc4c(c1)C(C)(CC1CC(C)(C)c5cc6c(cc5C1(C)C)B1c5ccc(C(C)(C)C)cc5N(c5ccc(C(C)(C)C)cc5-c5ccccc5)c5cc(C)cc(c51)N6c1ccc5c(c1)C(C)(C)CCC5(C)C)CCC4(C)C)c1cc4c(cc1B3c1cc(C(C)(C)C)ccc1N2c1cc(C(C)(C)C)cc(C(C)(C)C)c1)C(C)(C)CCC4(C)C. The molecule has 126 heavy (non-hydrogen) atoms.